The van der Waals surface area contributed by atoms with Crippen molar-refractivity contribution >= 4 is 29.4 Å². The van der Waals surface area contributed by atoms with Gasteiger partial charge in [-0.25, -0.2) is 14.9 Å². The summed E-state index contributed by atoms with van der Waals surface area (Å²) in [5.74, 6) is -1.84. The molecule has 0 spiro atoms. The van der Waals surface area contributed by atoms with Crippen LogP contribution in [0, 0.1) is 0 Å². The Hall–Kier alpha value is -2.48. The minimum absolute atomic E-state index is 0.219. The lowest BCUT2D eigenvalue weighted by atomic mass is 10.2. The molecule has 6 nitrogen and oxygen atoms in total. The van der Waals surface area contributed by atoms with E-state index in [2.05, 4.69) is 27.3 Å². The van der Waals surface area contributed by atoms with Gasteiger partial charge < -0.3 is 5.32 Å². The van der Waals surface area contributed by atoms with E-state index in [0.29, 0.717) is 16.4 Å². The lowest BCUT2D eigenvalue weighted by Crippen LogP contribution is -2.26. The van der Waals surface area contributed by atoms with Crippen LogP contribution in [0.25, 0.3) is 6.08 Å². The van der Waals surface area contributed by atoms with Crippen molar-refractivity contribution in [3.05, 3.63) is 64.6 Å². The first-order chi connectivity index (χ1) is 13.0. The predicted octanol–water partition coefficient (Wildman–Crippen LogP) is 3.24. The summed E-state index contributed by atoms with van der Waals surface area (Å²) in [6, 6.07) is 12.0. The zero-order valence-electron chi connectivity index (χ0n) is 14.5. The van der Waals surface area contributed by atoms with Crippen LogP contribution < -0.4 is 10.8 Å². The average Bonchev–Trinajstić information content (AvgIpc) is 3.11. The van der Waals surface area contributed by atoms with Gasteiger partial charge in [-0.2, -0.15) is 0 Å². The third-order valence-corrected chi connectivity index (χ3v) is 4.62. The zero-order valence-corrected chi connectivity index (χ0v) is 15.3. The second-order valence-electron chi connectivity index (χ2n) is 6.38. The van der Waals surface area contributed by atoms with Gasteiger partial charge in [0.25, 0.3) is 0 Å². The van der Waals surface area contributed by atoms with Crippen LogP contribution in [-0.4, -0.2) is 40.1 Å². The van der Waals surface area contributed by atoms with Crippen LogP contribution in [0.2, 0.25) is 5.02 Å². The molecule has 142 valence electrons. The first kappa shape index (κ1) is 19.3. The van der Waals surface area contributed by atoms with Crippen molar-refractivity contribution in [3.8, 4) is 0 Å². The van der Waals surface area contributed by atoms with E-state index in [-0.39, 0.29) is 6.04 Å². The Morgan fingerprint density at radius 3 is 2.89 bits per heavy atom. The fourth-order valence-electron chi connectivity index (χ4n) is 3.03. The van der Waals surface area contributed by atoms with Crippen molar-refractivity contribution in [1.29, 1.82) is 0 Å². The molecule has 3 N–H and O–H groups in total. The van der Waals surface area contributed by atoms with Crippen molar-refractivity contribution in [1.82, 2.24) is 15.4 Å². The largest absolute Gasteiger partial charge is 0.365 e. The molecule has 1 aromatic heterocycles. The smallest absolute Gasteiger partial charge is 0.303 e. The maximum Gasteiger partial charge on any atom is 0.303 e. The molecule has 1 aliphatic rings. The molecule has 3 rings (SSSR count). The summed E-state index contributed by atoms with van der Waals surface area (Å²) >= 11 is 6.23. The predicted molar refractivity (Wildman–Crippen MR) is 102 cm³/mol. The molecular formula is C19H20ClFN4O2. The van der Waals surface area contributed by atoms with Gasteiger partial charge in [-0.15, -0.1) is 0 Å². The number of halogens is 2. The third-order valence-electron chi connectivity index (χ3n) is 4.34. The number of carbonyl (C=O) groups excluding carboxylic acids is 1. The molecule has 1 atom stereocenters. The SMILES string of the molecule is O=C(NO)/C(F)=C/c1cnc(N[C@@H]2CCN(Cc3ccccc3)C2)c(Cl)c1. The molecule has 27 heavy (non-hydrogen) atoms. The normalized spacial score (nSPS) is 17.7. The number of nitrogens with zero attached hydrogens (tertiary/aromatic N) is 2. The van der Waals surface area contributed by atoms with Gasteiger partial charge in [0.15, 0.2) is 5.83 Å². The van der Waals surface area contributed by atoms with Gasteiger partial charge in [0.1, 0.15) is 5.82 Å². The summed E-state index contributed by atoms with van der Waals surface area (Å²) in [4.78, 5) is 17.6. The highest BCUT2D eigenvalue weighted by Gasteiger charge is 2.23. The molecule has 0 saturated carbocycles. The molecule has 1 fully saturated rings. The Morgan fingerprint density at radius 1 is 1.41 bits per heavy atom. The number of hydrogen-bond donors (Lipinski definition) is 3. The molecule has 2 heterocycles. The Kier molecular flexibility index (Phi) is 6.39. The Morgan fingerprint density at radius 2 is 2.19 bits per heavy atom. The van der Waals surface area contributed by atoms with E-state index < -0.39 is 11.7 Å². The number of hydroxylamine groups is 1. The maximum atomic E-state index is 13.5. The summed E-state index contributed by atoms with van der Waals surface area (Å²) < 4.78 is 13.5. The highest BCUT2D eigenvalue weighted by molar-refractivity contribution is 6.33. The third kappa shape index (κ3) is 5.26. The molecule has 0 unspecified atom stereocenters. The van der Waals surface area contributed by atoms with Crippen LogP contribution in [-0.2, 0) is 11.3 Å². The van der Waals surface area contributed by atoms with E-state index in [4.69, 9.17) is 16.8 Å². The lowest BCUT2D eigenvalue weighted by molar-refractivity contribution is -0.126. The number of pyridine rings is 1. The molecule has 1 saturated heterocycles. The van der Waals surface area contributed by atoms with Gasteiger partial charge in [-0.1, -0.05) is 41.9 Å². The molecule has 0 aliphatic carbocycles. The van der Waals surface area contributed by atoms with Crippen molar-refractivity contribution in [2.75, 3.05) is 18.4 Å². The first-order valence-electron chi connectivity index (χ1n) is 8.55. The molecule has 2 aromatic rings. The van der Waals surface area contributed by atoms with E-state index in [9.17, 15) is 9.18 Å². The van der Waals surface area contributed by atoms with Gasteiger partial charge >= 0.3 is 5.91 Å². The minimum Gasteiger partial charge on any atom is -0.365 e. The highest BCUT2D eigenvalue weighted by Crippen LogP contribution is 2.24. The summed E-state index contributed by atoms with van der Waals surface area (Å²) in [6.07, 6.45) is 3.33. The first-order valence-corrected chi connectivity index (χ1v) is 8.93. The van der Waals surface area contributed by atoms with E-state index in [0.717, 1.165) is 32.1 Å². The number of amides is 1. The monoisotopic (exact) mass is 390 g/mol. The van der Waals surface area contributed by atoms with Crippen molar-refractivity contribution in [3.63, 3.8) is 0 Å². The standard InChI is InChI=1S/C19H20ClFN4O2/c20-16-8-14(9-17(21)19(26)24-27)10-22-18(16)23-15-6-7-25(12-15)11-13-4-2-1-3-5-13/h1-5,8-10,15,27H,6-7,11-12H2,(H,22,23)(H,24,26)/b17-9-/t15-/m1/s1. The fraction of sp³-hybridized carbons (Fsp3) is 0.263. The van der Waals surface area contributed by atoms with E-state index in [1.165, 1.54) is 23.3 Å². The Balaban J connectivity index is 1.59. The van der Waals surface area contributed by atoms with Gasteiger partial charge in [0, 0.05) is 31.9 Å². The summed E-state index contributed by atoms with van der Waals surface area (Å²) in [5.41, 5.74) is 2.83. The van der Waals surface area contributed by atoms with Crippen LogP contribution in [0.5, 0.6) is 0 Å². The van der Waals surface area contributed by atoms with E-state index in [1.807, 2.05) is 18.2 Å². The molecule has 1 amide bonds. The van der Waals surface area contributed by atoms with Crippen LogP contribution in [0.4, 0.5) is 10.2 Å². The van der Waals surface area contributed by atoms with Gasteiger partial charge in [0.05, 0.1) is 5.02 Å². The number of likely N-dealkylation sites (tertiary alicyclic amines) is 1. The second kappa shape index (κ2) is 8.94. The van der Waals surface area contributed by atoms with Crippen molar-refractivity contribution < 1.29 is 14.4 Å². The number of rotatable bonds is 6. The summed E-state index contributed by atoms with van der Waals surface area (Å²) in [6.45, 7) is 2.75. The van der Waals surface area contributed by atoms with Crippen LogP contribution in [0.15, 0.2) is 48.4 Å². The van der Waals surface area contributed by atoms with Crippen molar-refractivity contribution in [2.45, 2.75) is 19.0 Å². The zero-order chi connectivity index (χ0) is 19.2. The van der Waals surface area contributed by atoms with E-state index in [1.54, 1.807) is 0 Å². The van der Waals surface area contributed by atoms with Crippen LogP contribution in [0.1, 0.15) is 17.5 Å². The van der Waals surface area contributed by atoms with Gasteiger partial charge in [-0.3, -0.25) is 14.9 Å². The van der Waals surface area contributed by atoms with Crippen molar-refractivity contribution in [2.24, 2.45) is 0 Å². The number of carbonyl (C=O) groups is 1. The maximum absolute atomic E-state index is 13.5. The number of hydrogen-bond acceptors (Lipinski definition) is 5. The molecular weight excluding hydrogens is 371 g/mol. The summed E-state index contributed by atoms with van der Waals surface area (Å²) in [7, 11) is 0. The highest BCUT2D eigenvalue weighted by atomic mass is 35.5. The Labute approximate surface area is 161 Å². The molecule has 0 radical (unpaired) electrons. The van der Waals surface area contributed by atoms with Gasteiger partial charge in [0.2, 0.25) is 0 Å². The number of benzene rings is 1. The van der Waals surface area contributed by atoms with Gasteiger partial charge in [-0.05, 0) is 29.7 Å². The van der Waals surface area contributed by atoms with Crippen LogP contribution >= 0.6 is 11.6 Å². The average molecular weight is 391 g/mol. The number of aromatic nitrogens is 1. The second-order valence-corrected chi connectivity index (χ2v) is 6.79. The molecule has 0 bridgehead atoms. The topological polar surface area (TPSA) is 77.5 Å². The molecule has 1 aromatic carbocycles. The summed E-state index contributed by atoms with van der Waals surface area (Å²) in [5, 5.41) is 12.1. The number of anilines is 1. The van der Waals surface area contributed by atoms with Crippen LogP contribution in [0.3, 0.4) is 0 Å². The lowest BCUT2D eigenvalue weighted by Gasteiger charge is -2.17. The minimum atomic E-state index is -1.22. The number of nitrogens with one attached hydrogen (secondary N) is 2. The molecule has 8 heteroatoms. The quantitative estimate of drug-likeness (QED) is 0.401. The van der Waals surface area contributed by atoms with E-state index >= 15 is 0 Å². The molecule has 1 aliphatic heterocycles. The Bertz CT molecular complexity index is 832. The fourth-order valence-corrected chi connectivity index (χ4v) is 3.26.